The molecule has 0 saturated heterocycles. The Balaban J connectivity index is 3.04. The summed E-state index contributed by atoms with van der Waals surface area (Å²) in [5, 5.41) is 18.8. The Morgan fingerprint density at radius 2 is 2.23 bits per heavy atom. The average molecular weight is 180 g/mol. The summed E-state index contributed by atoms with van der Waals surface area (Å²) in [6, 6.07) is 4.71. The van der Waals surface area contributed by atoms with Crippen molar-refractivity contribution >= 4 is 0 Å². The first-order chi connectivity index (χ1) is 6.19. The molecule has 0 aliphatic carbocycles. The Labute approximate surface area is 76.9 Å². The molecule has 0 bridgehead atoms. The van der Waals surface area contributed by atoms with Gasteiger partial charge in [0.2, 0.25) is 0 Å². The number of ether oxygens (including phenoxy) is 1. The Hall–Kier alpha value is -1.48. The van der Waals surface area contributed by atoms with Gasteiger partial charge in [0.05, 0.1) is 7.11 Å². The molecule has 1 rings (SSSR count). The Kier molecular flexibility index (Phi) is 2.93. The van der Waals surface area contributed by atoms with Crippen molar-refractivity contribution in [3.8, 4) is 11.5 Å². The molecular formula is C10H12O3. The first-order valence-electron chi connectivity index (χ1n) is 3.86. The van der Waals surface area contributed by atoms with Crippen LogP contribution in [0.2, 0.25) is 0 Å². The highest BCUT2D eigenvalue weighted by atomic mass is 16.5. The number of phenolic OH excluding ortho intramolecular Hbond substituents is 1. The maximum atomic E-state index is 9.44. The van der Waals surface area contributed by atoms with Gasteiger partial charge in [0.1, 0.15) is 17.6 Å². The van der Waals surface area contributed by atoms with Crippen molar-refractivity contribution in [2.45, 2.75) is 6.10 Å². The van der Waals surface area contributed by atoms with Crippen molar-refractivity contribution in [1.82, 2.24) is 0 Å². The lowest BCUT2D eigenvalue weighted by Crippen LogP contribution is -1.93. The van der Waals surface area contributed by atoms with Crippen LogP contribution in [-0.4, -0.2) is 17.3 Å². The number of aliphatic hydroxyl groups is 1. The van der Waals surface area contributed by atoms with Crippen molar-refractivity contribution in [3.63, 3.8) is 0 Å². The molecule has 1 unspecified atom stereocenters. The van der Waals surface area contributed by atoms with Gasteiger partial charge in [-0.2, -0.15) is 0 Å². The van der Waals surface area contributed by atoms with Gasteiger partial charge >= 0.3 is 0 Å². The lowest BCUT2D eigenvalue weighted by Gasteiger charge is -2.09. The number of benzene rings is 1. The normalized spacial score (nSPS) is 12.2. The summed E-state index contributed by atoms with van der Waals surface area (Å²) in [7, 11) is 1.51. The molecule has 0 aliphatic heterocycles. The highest BCUT2D eigenvalue weighted by Gasteiger charge is 2.08. The zero-order chi connectivity index (χ0) is 9.84. The molecule has 0 heterocycles. The number of rotatable bonds is 3. The van der Waals surface area contributed by atoms with E-state index >= 15 is 0 Å². The average Bonchev–Trinajstić information content (AvgIpc) is 2.16. The molecule has 1 aromatic carbocycles. The zero-order valence-electron chi connectivity index (χ0n) is 7.40. The Morgan fingerprint density at radius 1 is 1.54 bits per heavy atom. The molecule has 0 saturated carbocycles. The van der Waals surface area contributed by atoms with Gasteiger partial charge in [0.25, 0.3) is 0 Å². The first-order valence-corrected chi connectivity index (χ1v) is 3.86. The van der Waals surface area contributed by atoms with E-state index in [0.717, 1.165) is 0 Å². The molecule has 0 fully saturated rings. The highest BCUT2D eigenvalue weighted by Crippen LogP contribution is 2.28. The molecule has 0 spiro atoms. The summed E-state index contributed by atoms with van der Waals surface area (Å²) in [4.78, 5) is 0. The molecular weight excluding hydrogens is 168 g/mol. The maximum Gasteiger partial charge on any atom is 0.125 e. The van der Waals surface area contributed by atoms with E-state index in [4.69, 9.17) is 4.74 Å². The first kappa shape index (κ1) is 9.61. The molecule has 0 aromatic heterocycles. The van der Waals surface area contributed by atoms with Crippen LogP contribution in [0.4, 0.5) is 0 Å². The third-order valence-corrected chi connectivity index (χ3v) is 1.78. The van der Waals surface area contributed by atoms with E-state index in [-0.39, 0.29) is 5.75 Å². The minimum absolute atomic E-state index is 0.00625. The van der Waals surface area contributed by atoms with Gasteiger partial charge in [-0.1, -0.05) is 6.08 Å². The van der Waals surface area contributed by atoms with Crippen LogP contribution in [0.15, 0.2) is 30.9 Å². The minimum atomic E-state index is -0.842. The van der Waals surface area contributed by atoms with E-state index in [9.17, 15) is 10.2 Å². The van der Waals surface area contributed by atoms with Crippen molar-refractivity contribution < 1.29 is 14.9 Å². The molecule has 3 nitrogen and oxygen atoms in total. The Morgan fingerprint density at radius 3 is 2.69 bits per heavy atom. The van der Waals surface area contributed by atoms with Crippen molar-refractivity contribution in [3.05, 3.63) is 36.4 Å². The van der Waals surface area contributed by atoms with Gasteiger partial charge in [-0.05, 0) is 12.1 Å². The van der Waals surface area contributed by atoms with Crippen molar-refractivity contribution in [2.75, 3.05) is 7.11 Å². The van der Waals surface area contributed by atoms with Crippen LogP contribution in [0.5, 0.6) is 11.5 Å². The van der Waals surface area contributed by atoms with Crippen LogP contribution in [0.25, 0.3) is 0 Å². The van der Waals surface area contributed by atoms with E-state index in [1.54, 1.807) is 12.1 Å². The van der Waals surface area contributed by atoms with E-state index in [2.05, 4.69) is 6.58 Å². The minimum Gasteiger partial charge on any atom is -0.507 e. The van der Waals surface area contributed by atoms with Crippen molar-refractivity contribution in [2.24, 2.45) is 0 Å². The number of hydrogen-bond donors (Lipinski definition) is 2. The van der Waals surface area contributed by atoms with Crippen LogP contribution in [0, 0.1) is 0 Å². The molecule has 13 heavy (non-hydrogen) atoms. The standard InChI is InChI=1S/C10H12O3/c1-3-9(11)8-5-4-7(13-2)6-10(8)12/h3-6,9,11-12H,1H2,2H3. The van der Waals surface area contributed by atoms with Gasteiger partial charge in [0.15, 0.2) is 0 Å². The van der Waals surface area contributed by atoms with Gasteiger partial charge in [-0.3, -0.25) is 0 Å². The number of methoxy groups -OCH3 is 1. The monoisotopic (exact) mass is 180 g/mol. The van der Waals surface area contributed by atoms with Gasteiger partial charge < -0.3 is 14.9 Å². The van der Waals surface area contributed by atoms with Gasteiger partial charge in [-0.25, -0.2) is 0 Å². The van der Waals surface area contributed by atoms with Crippen molar-refractivity contribution in [1.29, 1.82) is 0 Å². The van der Waals surface area contributed by atoms with Crippen LogP contribution in [0.1, 0.15) is 11.7 Å². The summed E-state index contributed by atoms with van der Waals surface area (Å²) in [5.41, 5.74) is 0.427. The second-order valence-electron chi connectivity index (χ2n) is 2.61. The molecule has 0 radical (unpaired) electrons. The Bertz CT molecular complexity index is 307. The predicted molar refractivity (Wildman–Crippen MR) is 49.8 cm³/mol. The molecule has 2 N–H and O–H groups in total. The SMILES string of the molecule is C=CC(O)c1ccc(OC)cc1O. The number of hydrogen-bond acceptors (Lipinski definition) is 3. The van der Waals surface area contributed by atoms with Crippen LogP contribution in [-0.2, 0) is 0 Å². The number of aromatic hydroxyl groups is 1. The van der Waals surface area contributed by atoms with Gasteiger partial charge in [-0.15, -0.1) is 6.58 Å². The van der Waals surface area contributed by atoms with Crippen LogP contribution < -0.4 is 4.74 Å². The number of phenols is 1. The zero-order valence-corrected chi connectivity index (χ0v) is 7.40. The molecule has 0 aliphatic rings. The number of aliphatic hydroxyl groups excluding tert-OH is 1. The summed E-state index contributed by atoms with van der Waals surface area (Å²) < 4.78 is 4.90. The maximum absolute atomic E-state index is 9.44. The molecule has 1 atom stereocenters. The summed E-state index contributed by atoms with van der Waals surface area (Å²) in [5.74, 6) is 0.560. The van der Waals surface area contributed by atoms with Crippen LogP contribution >= 0.6 is 0 Å². The van der Waals surface area contributed by atoms with E-state index < -0.39 is 6.10 Å². The molecule has 3 heteroatoms. The predicted octanol–water partition coefficient (Wildman–Crippen LogP) is 1.62. The highest BCUT2D eigenvalue weighted by molar-refractivity contribution is 5.41. The molecule has 0 amide bonds. The summed E-state index contributed by atoms with van der Waals surface area (Å²) >= 11 is 0. The lowest BCUT2D eigenvalue weighted by atomic mass is 10.1. The van der Waals surface area contributed by atoms with Crippen LogP contribution in [0.3, 0.4) is 0 Å². The fourth-order valence-electron chi connectivity index (χ4n) is 1.03. The fourth-order valence-corrected chi connectivity index (χ4v) is 1.03. The van der Waals surface area contributed by atoms with E-state index in [1.807, 2.05) is 0 Å². The quantitative estimate of drug-likeness (QED) is 0.695. The molecule has 70 valence electrons. The fraction of sp³-hybridized carbons (Fsp3) is 0.200. The molecule has 1 aromatic rings. The smallest absolute Gasteiger partial charge is 0.125 e. The third-order valence-electron chi connectivity index (χ3n) is 1.78. The van der Waals surface area contributed by atoms with Gasteiger partial charge in [0, 0.05) is 11.6 Å². The summed E-state index contributed by atoms with van der Waals surface area (Å²) in [6.45, 7) is 3.43. The summed E-state index contributed by atoms with van der Waals surface area (Å²) in [6.07, 6.45) is 0.507. The largest absolute Gasteiger partial charge is 0.507 e. The topological polar surface area (TPSA) is 49.7 Å². The lowest BCUT2D eigenvalue weighted by molar-refractivity contribution is 0.224. The third kappa shape index (κ3) is 2.00. The second-order valence-corrected chi connectivity index (χ2v) is 2.61. The van der Waals surface area contributed by atoms with E-state index in [1.165, 1.54) is 19.3 Å². The van der Waals surface area contributed by atoms with E-state index in [0.29, 0.717) is 11.3 Å². The second kappa shape index (κ2) is 3.96.